The van der Waals surface area contributed by atoms with Crippen LogP contribution in [0, 0.1) is 0 Å². The number of benzene rings is 1. The fourth-order valence-corrected chi connectivity index (χ4v) is 2.49. The van der Waals surface area contributed by atoms with Gasteiger partial charge in [0.1, 0.15) is 0 Å². The van der Waals surface area contributed by atoms with Gasteiger partial charge in [0, 0.05) is 6.42 Å². The van der Waals surface area contributed by atoms with Crippen molar-refractivity contribution < 1.29 is 5.11 Å². The Bertz CT molecular complexity index is 353. The van der Waals surface area contributed by atoms with Crippen LogP contribution in [0.1, 0.15) is 44.1 Å². The third-order valence-electron chi connectivity index (χ3n) is 3.53. The second-order valence-electron chi connectivity index (χ2n) is 4.94. The standard InChI is InChI=1S/C16H22O/c17-16(13-14-9-5-4-6-10-14)15-11-7-2-1-3-8-12-15/h4-6,9-11,16-17H,1-3,7-8,12-13H2/b15-11+. The predicted octanol–water partition coefficient (Wildman–Crippen LogP) is 3.87. The van der Waals surface area contributed by atoms with Gasteiger partial charge in [0.25, 0.3) is 0 Å². The van der Waals surface area contributed by atoms with Crippen LogP contribution >= 0.6 is 0 Å². The maximum atomic E-state index is 10.3. The zero-order chi connectivity index (χ0) is 11.9. The number of aliphatic hydroxyl groups excluding tert-OH is 1. The van der Waals surface area contributed by atoms with Gasteiger partial charge in [-0.05, 0) is 36.8 Å². The summed E-state index contributed by atoms with van der Waals surface area (Å²) in [4.78, 5) is 0. The Kier molecular flexibility index (Phi) is 4.81. The van der Waals surface area contributed by atoms with E-state index in [0.717, 1.165) is 19.3 Å². The Morgan fingerprint density at radius 3 is 2.59 bits per heavy atom. The van der Waals surface area contributed by atoms with E-state index in [1.807, 2.05) is 18.2 Å². The largest absolute Gasteiger partial charge is 0.388 e. The molecule has 17 heavy (non-hydrogen) atoms. The number of hydrogen-bond acceptors (Lipinski definition) is 1. The minimum atomic E-state index is -0.282. The Morgan fingerprint density at radius 1 is 1.00 bits per heavy atom. The van der Waals surface area contributed by atoms with Gasteiger partial charge in [0.05, 0.1) is 6.10 Å². The van der Waals surface area contributed by atoms with Crippen molar-refractivity contribution in [2.45, 2.75) is 51.0 Å². The van der Waals surface area contributed by atoms with Gasteiger partial charge in [-0.25, -0.2) is 0 Å². The SMILES string of the molecule is OC(Cc1ccccc1)/C1=C/CCCCCC1. The topological polar surface area (TPSA) is 20.2 Å². The molecule has 1 aromatic rings. The van der Waals surface area contributed by atoms with E-state index in [4.69, 9.17) is 0 Å². The van der Waals surface area contributed by atoms with Crippen LogP contribution in [0.4, 0.5) is 0 Å². The summed E-state index contributed by atoms with van der Waals surface area (Å²) in [6, 6.07) is 10.3. The maximum Gasteiger partial charge on any atom is 0.0790 e. The Hall–Kier alpha value is -1.08. The van der Waals surface area contributed by atoms with E-state index in [9.17, 15) is 5.11 Å². The van der Waals surface area contributed by atoms with Crippen LogP contribution < -0.4 is 0 Å². The van der Waals surface area contributed by atoms with Crippen LogP contribution in [0.15, 0.2) is 42.0 Å². The fourth-order valence-electron chi connectivity index (χ4n) is 2.49. The van der Waals surface area contributed by atoms with Gasteiger partial charge in [0.2, 0.25) is 0 Å². The molecule has 1 aliphatic carbocycles. The van der Waals surface area contributed by atoms with Crippen molar-refractivity contribution in [1.29, 1.82) is 0 Å². The average Bonchev–Trinajstić information content (AvgIpc) is 2.29. The zero-order valence-electron chi connectivity index (χ0n) is 10.4. The fraction of sp³-hybridized carbons (Fsp3) is 0.500. The van der Waals surface area contributed by atoms with Gasteiger partial charge < -0.3 is 5.11 Å². The second-order valence-corrected chi connectivity index (χ2v) is 4.94. The zero-order valence-corrected chi connectivity index (χ0v) is 10.4. The normalized spacial score (nSPS) is 22.1. The maximum absolute atomic E-state index is 10.3. The molecule has 1 nitrogen and oxygen atoms in total. The van der Waals surface area contributed by atoms with E-state index in [2.05, 4.69) is 18.2 Å². The molecular formula is C16H22O. The smallest absolute Gasteiger partial charge is 0.0790 e. The molecule has 0 spiro atoms. The van der Waals surface area contributed by atoms with Crippen LogP contribution in [0.25, 0.3) is 0 Å². The van der Waals surface area contributed by atoms with Crippen molar-refractivity contribution in [3.05, 3.63) is 47.5 Å². The molecule has 1 N–H and O–H groups in total. The lowest BCUT2D eigenvalue weighted by molar-refractivity contribution is 0.205. The summed E-state index contributed by atoms with van der Waals surface area (Å²) in [6.45, 7) is 0. The first-order valence-corrected chi connectivity index (χ1v) is 6.77. The average molecular weight is 230 g/mol. The lowest BCUT2D eigenvalue weighted by atomic mass is 9.93. The quantitative estimate of drug-likeness (QED) is 0.781. The first-order chi connectivity index (χ1) is 8.36. The molecule has 1 heteroatoms. The number of allylic oxidation sites excluding steroid dienone is 1. The number of hydrogen-bond donors (Lipinski definition) is 1. The summed E-state index contributed by atoms with van der Waals surface area (Å²) in [5.74, 6) is 0. The number of aliphatic hydroxyl groups is 1. The van der Waals surface area contributed by atoms with Crippen molar-refractivity contribution >= 4 is 0 Å². The van der Waals surface area contributed by atoms with Crippen molar-refractivity contribution in [2.24, 2.45) is 0 Å². The highest BCUT2D eigenvalue weighted by molar-refractivity contribution is 5.19. The molecule has 0 saturated carbocycles. The van der Waals surface area contributed by atoms with Crippen LogP contribution in [-0.2, 0) is 6.42 Å². The summed E-state index contributed by atoms with van der Waals surface area (Å²) < 4.78 is 0. The lowest BCUT2D eigenvalue weighted by Gasteiger charge is -2.17. The summed E-state index contributed by atoms with van der Waals surface area (Å²) in [5.41, 5.74) is 2.48. The van der Waals surface area contributed by atoms with Crippen molar-refractivity contribution in [1.82, 2.24) is 0 Å². The van der Waals surface area contributed by atoms with Gasteiger partial charge in [0.15, 0.2) is 0 Å². The minimum absolute atomic E-state index is 0.282. The molecule has 92 valence electrons. The lowest BCUT2D eigenvalue weighted by Crippen LogP contribution is -2.14. The van der Waals surface area contributed by atoms with Crippen molar-refractivity contribution in [2.75, 3.05) is 0 Å². The molecule has 1 aromatic carbocycles. The van der Waals surface area contributed by atoms with E-state index in [0.29, 0.717) is 0 Å². The van der Waals surface area contributed by atoms with Crippen molar-refractivity contribution in [3.63, 3.8) is 0 Å². The van der Waals surface area contributed by atoms with Crippen molar-refractivity contribution in [3.8, 4) is 0 Å². The molecule has 1 atom stereocenters. The van der Waals surface area contributed by atoms with Crippen LogP contribution in [0.5, 0.6) is 0 Å². The summed E-state index contributed by atoms with van der Waals surface area (Å²) in [6.07, 6.45) is 10.1. The van der Waals surface area contributed by atoms with Gasteiger partial charge in [-0.2, -0.15) is 0 Å². The molecular weight excluding hydrogens is 208 g/mol. The van der Waals surface area contributed by atoms with Gasteiger partial charge in [-0.3, -0.25) is 0 Å². The summed E-state index contributed by atoms with van der Waals surface area (Å²) >= 11 is 0. The van der Waals surface area contributed by atoms with E-state index in [-0.39, 0.29) is 6.10 Å². The molecule has 1 aliphatic rings. The third kappa shape index (κ3) is 4.01. The molecule has 2 rings (SSSR count). The Labute approximate surface area is 104 Å². The Balaban J connectivity index is 1.96. The molecule has 0 fully saturated rings. The van der Waals surface area contributed by atoms with E-state index < -0.39 is 0 Å². The molecule has 0 bridgehead atoms. The van der Waals surface area contributed by atoms with E-state index in [1.165, 1.54) is 36.8 Å². The molecule has 1 unspecified atom stereocenters. The third-order valence-corrected chi connectivity index (χ3v) is 3.53. The highest BCUT2D eigenvalue weighted by atomic mass is 16.3. The highest BCUT2D eigenvalue weighted by Gasteiger charge is 2.12. The molecule has 0 aromatic heterocycles. The van der Waals surface area contributed by atoms with Crippen LogP contribution in [-0.4, -0.2) is 11.2 Å². The summed E-state index contributed by atoms with van der Waals surface area (Å²) in [5, 5.41) is 10.3. The molecule has 0 amide bonds. The summed E-state index contributed by atoms with van der Waals surface area (Å²) in [7, 11) is 0. The van der Waals surface area contributed by atoms with Crippen LogP contribution in [0.2, 0.25) is 0 Å². The van der Waals surface area contributed by atoms with E-state index >= 15 is 0 Å². The molecule has 0 saturated heterocycles. The van der Waals surface area contributed by atoms with Gasteiger partial charge in [-0.1, -0.05) is 49.2 Å². The highest BCUT2D eigenvalue weighted by Crippen LogP contribution is 2.21. The van der Waals surface area contributed by atoms with Gasteiger partial charge >= 0.3 is 0 Å². The minimum Gasteiger partial charge on any atom is -0.388 e. The van der Waals surface area contributed by atoms with Gasteiger partial charge in [-0.15, -0.1) is 0 Å². The molecule has 0 radical (unpaired) electrons. The first-order valence-electron chi connectivity index (χ1n) is 6.77. The molecule has 0 heterocycles. The van der Waals surface area contributed by atoms with Crippen LogP contribution in [0.3, 0.4) is 0 Å². The first kappa shape index (κ1) is 12.4. The second kappa shape index (κ2) is 6.61. The van der Waals surface area contributed by atoms with E-state index in [1.54, 1.807) is 0 Å². The molecule has 0 aliphatic heterocycles. The Morgan fingerprint density at radius 2 is 1.76 bits per heavy atom. The predicted molar refractivity (Wildman–Crippen MR) is 71.9 cm³/mol. The monoisotopic (exact) mass is 230 g/mol. The number of rotatable bonds is 3.